The maximum Gasteiger partial charge on any atom is 0.417 e. The second-order valence-corrected chi connectivity index (χ2v) is 4.52. The van der Waals surface area contributed by atoms with E-state index < -0.39 is 51.7 Å². The Morgan fingerprint density at radius 1 is 0.609 bits per heavy atom. The highest BCUT2D eigenvalue weighted by Gasteiger charge is 2.47. The van der Waals surface area contributed by atoms with E-state index >= 15 is 0 Å². The van der Waals surface area contributed by atoms with E-state index in [0.29, 0.717) is 12.1 Å². The summed E-state index contributed by atoms with van der Waals surface area (Å²) in [5.41, 5.74) is -6.76. The summed E-state index contributed by atoms with van der Waals surface area (Å²) in [5.74, 6) is -1.24. The Balaban J connectivity index is 3.12. The second kappa shape index (κ2) is 4.93. The molecular weight excluding hydrogens is 343 g/mol. The Hall–Kier alpha value is -2.13. The first kappa shape index (κ1) is 17.2. The monoisotopic (exact) mass is 347 g/mol. The summed E-state index contributed by atoms with van der Waals surface area (Å²) in [6.07, 6.45) is -16.6. The summed E-state index contributed by atoms with van der Waals surface area (Å²) in [4.78, 5) is 0. The van der Waals surface area contributed by atoms with Crippen LogP contribution in [0.2, 0.25) is 0 Å². The van der Waals surface area contributed by atoms with Crippen LogP contribution in [-0.4, -0.2) is 0 Å². The Kier molecular flexibility index (Phi) is 3.70. The molecule has 23 heavy (non-hydrogen) atoms. The van der Waals surface area contributed by atoms with Crippen molar-refractivity contribution < 1.29 is 44.6 Å². The van der Waals surface area contributed by atoms with Crippen molar-refractivity contribution in [2.45, 2.75) is 18.5 Å². The molecule has 0 bridgehead atoms. The van der Waals surface area contributed by atoms with E-state index in [1.807, 2.05) is 0 Å². The molecule has 0 aliphatic heterocycles. The number of rotatable bonds is 0. The molecule has 0 N–H and O–H groups in total. The predicted molar refractivity (Wildman–Crippen MR) is 59.1 cm³/mol. The zero-order valence-corrected chi connectivity index (χ0v) is 10.6. The lowest BCUT2D eigenvalue weighted by Gasteiger charge is -2.20. The van der Waals surface area contributed by atoms with E-state index in [2.05, 4.69) is 0 Å². The molecular formula is C13H4F9O. The van der Waals surface area contributed by atoms with Gasteiger partial charge in [-0.15, -0.1) is 0 Å². The number of benzene rings is 2. The van der Waals surface area contributed by atoms with Gasteiger partial charge in [0.15, 0.2) is 5.75 Å². The predicted octanol–water partition coefficient (Wildman–Crippen LogP) is 6.04. The van der Waals surface area contributed by atoms with Crippen LogP contribution < -0.4 is 0 Å². The van der Waals surface area contributed by atoms with Crippen LogP contribution in [0.5, 0.6) is 5.75 Å². The van der Waals surface area contributed by atoms with Gasteiger partial charge in [-0.05, 0) is 24.3 Å². The molecule has 0 aliphatic rings. The van der Waals surface area contributed by atoms with E-state index in [1.165, 1.54) is 0 Å². The first-order valence-electron chi connectivity index (χ1n) is 5.73. The molecule has 0 unspecified atom stereocenters. The van der Waals surface area contributed by atoms with E-state index in [1.54, 1.807) is 0 Å². The lowest BCUT2D eigenvalue weighted by Crippen LogP contribution is -2.19. The Morgan fingerprint density at radius 2 is 1.09 bits per heavy atom. The first-order chi connectivity index (χ1) is 10.2. The maximum absolute atomic E-state index is 13.0. The third-order valence-electron chi connectivity index (χ3n) is 3.04. The molecule has 2 aromatic carbocycles. The van der Waals surface area contributed by atoms with Crippen LogP contribution in [0, 0.1) is 0 Å². The SMILES string of the molecule is [O]c1ccc(C(F)(F)F)c2c(C(F)(F)F)c(C(F)(F)F)ccc12. The molecule has 0 atom stereocenters. The van der Waals surface area contributed by atoms with Crippen molar-refractivity contribution in [1.29, 1.82) is 0 Å². The minimum atomic E-state index is -5.74. The van der Waals surface area contributed by atoms with Crippen molar-refractivity contribution in [3.8, 4) is 5.75 Å². The molecule has 0 saturated heterocycles. The highest BCUT2D eigenvalue weighted by Crippen LogP contribution is 2.48. The molecule has 1 radical (unpaired) electrons. The third-order valence-corrected chi connectivity index (χ3v) is 3.04. The topological polar surface area (TPSA) is 19.9 Å². The van der Waals surface area contributed by atoms with Crippen molar-refractivity contribution in [1.82, 2.24) is 0 Å². The fourth-order valence-electron chi connectivity index (χ4n) is 2.19. The van der Waals surface area contributed by atoms with Gasteiger partial charge in [-0.3, -0.25) is 5.11 Å². The fraction of sp³-hybridized carbons (Fsp3) is 0.231. The van der Waals surface area contributed by atoms with E-state index in [4.69, 9.17) is 0 Å². The molecule has 0 fully saturated rings. The third kappa shape index (κ3) is 3.02. The van der Waals surface area contributed by atoms with Gasteiger partial charge in [0.1, 0.15) is 0 Å². The van der Waals surface area contributed by atoms with Gasteiger partial charge in [-0.2, -0.15) is 39.5 Å². The molecule has 10 heteroatoms. The summed E-state index contributed by atoms with van der Waals surface area (Å²) in [5, 5.41) is 8.60. The van der Waals surface area contributed by atoms with E-state index in [-0.39, 0.29) is 12.1 Å². The van der Waals surface area contributed by atoms with Crippen LogP contribution in [0.15, 0.2) is 24.3 Å². The van der Waals surface area contributed by atoms with Crippen LogP contribution in [0.3, 0.4) is 0 Å². The lowest BCUT2D eigenvalue weighted by molar-refractivity contribution is -0.161. The number of halogens is 9. The maximum atomic E-state index is 13.0. The zero-order chi connectivity index (χ0) is 17.8. The number of hydrogen-bond acceptors (Lipinski definition) is 0. The van der Waals surface area contributed by atoms with E-state index in [0.717, 1.165) is 0 Å². The molecule has 0 amide bonds. The van der Waals surface area contributed by atoms with Crippen molar-refractivity contribution in [3.05, 3.63) is 41.0 Å². The minimum Gasteiger partial charge on any atom is -0.289 e. The highest BCUT2D eigenvalue weighted by molar-refractivity contribution is 5.95. The van der Waals surface area contributed by atoms with Gasteiger partial charge < -0.3 is 0 Å². The lowest BCUT2D eigenvalue weighted by atomic mass is 9.93. The summed E-state index contributed by atoms with van der Waals surface area (Å²) < 4.78 is 116. The molecule has 1 nitrogen and oxygen atoms in total. The molecule has 125 valence electrons. The summed E-state index contributed by atoms with van der Waals surface area (Å²) in [7, 11) is 0. The standard InChI is InChI=1S/C13H4F9O/c14-11(15,16)6-3-4-8(23)5-1-2-7(12(17,18)19)10(9(5)6)13(20,21)22/h1-4H. The van der Waals surface area contributed by atoms with E-state index in [9.17, 15) is 44.6 Å². The molecule has 2 aromatic rings. The zero-order valence-electron chi connectivity index (χ0n) is 10.6. The Bertz CT molecular complexity index is 753. The Labute approximate surface area is 121 Å². The molecule has 0 aromatic heterocycles. The first-order valence-corrected chi connectivity index (χ1v) is 5.73. The molecule has 2 rings (SSSR count). The van der Waals surface area contributed by atoms with Gasteiger partial charge in [0, 0.05) is 10.8 Å². The second-order valence-electron chi connectivity index (χ2n) is 4.52. The van der Waals surface area contributed by atoms with Crippen LogP contribution in [0.4, 0.5) is 39.5 Å². The van der Waals surface area contributed by atoms with Gasteiger partial charge in [-0.1, -0.05) is 0 Å². The van der Waals surface area contributed by atoms with Crippen LogP contribution in [-0.2, 0) is 23.6 Å². The van der Waals surface area contributed by atoms with Crippen molar-refractivity contribution >= 4 is 10.8 Å². The summed E-state index contributed by atoms with van der Waals surface area (Å²) in [6, 6.07) is 0.663. The fourth-order valence-corrected chi connectivity index (χ4v) is 2.19. The average molecular weight is 347 g/mol. The quantitative estimate of drug-likeness (QED) is 0.518. The smallest absolute Gasteiger partial charge is 0.289 e. The van der Waals surface area contributed by atoms with Gasteiger partial charge in [0.05, 0.1) is 16.7 Å². The normalized spacial score (nSPS) is 13.6. The van der Waals surface area contributed by atoms with Gasteiger partial charge in [0.25, 0.3) is 0 Å². The van der Waals surface area contributed by atoms with Gasteiger partial charge >= 0.3 is 18.5 Å². The average Bonchev–Trinajstić information content (AvgIpc) is 2.34. The molecule has 0 aliphatic carbocycles. The largest absolute Gasteiger partial charge is 0.417 e. The molecule has 0 heterocycles. The van der Waals surface area contributed by atoms with Crippen LogP contribution in [0.25, 0.3) is 10.8 Å². The van der Waals surface area contributed by atoms with Gasteiger partial charge in [-0.25, -0.2) is 0 Å². The molecule has 0 saturated carbocycles. The van der Waals surface area contributed by atoms with Crippen LogP contribution >= 0.6 is 0 Å². The number of hydrogen-bond donors (Lipinski definition) is 0. The summed E-state index contributed by atoms with van der Waals surface area (Å²) >= 11 is 0. The Morgan fingerprint density at radius 3 is 1.52 bits per heavy atom. The number of alkyl halides is 9. The van der Waals surface area contributed by atoms with Gasteiger partial charge in [0.2, 0.25) is 0 Å². The highest BCUT2D eigenvalue weighted by atomic mass is 19.4. The van der Waals surface area contributed by atoms with Crippen LogP contribution in [0.1, 0.15) is 16.7 Å². The minimum absolute atomic E-state index is 0.0417. The molecule has 0 spiro atoms. The van der Waals surface area contributed by atoms with Crippen molar-refractivity contribution in [3.63, 3.8) is 0 Å². The van der Waals surface area contributed by atoms with Crippen molar-refractivity contribution in [2.24, 2.45) is 0 Å². The van der Waals surface area contributed by atoms with Crippen molar-refractivity contribution in [2.75, 3.05) is 0 Å². The summed E-state index contributed by atoms with van der Waals surface area (Å²) in [6.45, 7) is 0. The number of fused-ring (bicyclic) bond motifs is 1.